The van der Waals surface area contributed by atoms with Gasteiger partial charge in [0.2, 0.25) is 0 Å². The topological polar surface area (TPSA) is 20.3 Å². The van der Waals surface area contributed by atoms with E-state index in [0.29, 0.717) is 0 Å². The summed E-state index contributed by atoms with van der Waals surface area (Å²) in [5, 5.41) is 0. The van der Waals surface area contributed by atoms with Crippen molar-refractivity contribution in [3.05, 3.63) is 29.6 Å². The minimum atomic E-state index is -0.414. The van der Waals surface area contributed by atoms with Gasteiger partial charge in [0.05, 0.1) is 11.3 Å². The van der Waals surface area contributed by atoms with E-state index in [-0.39, 0.29) is 11.3 Å². The maximum atomic E-state index is 13.9. The molecule has 1 aromatic carbocycles. The molecule has 0 heterocycles. The molecule has 0 fully saturated rings. The molecule has 0 N–H and O–H groups in total. The number of ketones is 1. The predicted molar refractivity (Wildman–Crippen MR) is 78.4 cm³/mol. The number of benzene rings is 1. The lowest BCUT2D eigenvalue weighted by Gasteiger charge is -2.26. The molecule has 0 aliphatic carbocycles. The van der Waals surface area contributed by atoms with Gasteiger partial charge in [-0.15, -0.1) is 0 Å². The summed E-state index contributed by atoms with van der Waals surface area (Å²) in [6.45, 7) is 7.45. The van der Waals surface area contributed by atoms with E-state index in [1.807, 2.05) is 6.07 Å². The summed E-state index contributed by atoms with van der Waals surface area (Å²) in [7, 11) is 0. The number of hydrogen-bond donors (Lipinski definition) is 0. The molecular weight excluding hydrogens is 241 g/mol. The number of Topliss-reactive ketones (excluding diaryl/α,β-unsaturated/α-hetero) is 1. The third-order valence-electron chi connectivity index (χ3n) is 3.25. The standard InChI is InChI=1S/C16H24FNO/c1-4-6-11-18(12-7-5-2)15-10-8-9-14(17)16(15)13(3)19/h8-10H,4-7,11-12H2,1-3H3. The zero-order valence-electron chi connectivity index (χ0n) is 12.2. The number of hydrogen-bond acceptors (Lipinski definition) is 2. The van der Waals surface area contributed by atoms with E-state index in [1.165, 1.54) is 13.0 Å². The van der Waals surface area contributed by atoms with Crippen LogP contribution >= 0.6 is 0 Å². The van der Waals surface area contributed by atoms with E-state index < -0.39 is 5.82 Å². The molecule has 0 aliphatic rings. The maximum Gasteiger partial charge on any atom is 0.164 e. The fraction of sp³-hybridized carbons (Fsp3) is 0.562. The van der Waals surface area contributed by atoms with Crippen LogP contribution in [0.1, 0.15) is 56.8 Å². The fourth-order valence-electron chi connectivity index (χ4n) is 2.18. The molecule has 0 unspecified atom stereocenters. The van der Waals surface area contributed by atoms with Crippen LogP contribution in [-0.4, -0.2) is 18.9 Å². The van der Waals surface area contributed by atoms with Crippen molar-refractivity contribution in [1.29, 1.82) is 0 Å². The van der Waals surface area contributed by atoms with Crippen LogP contribution in [-0.2, 0) is 0 Å². The van der Waals surface area contributed by atoms with Crippen LogP contribution in [0.5, 0.6) is 0 Å². The summed E-state index contributed by atoms with van der Waals surface area (Å²) < 4.78 is 13.9. The first-order chi connectivity index (χ1) is 9.11. The van der Waals surface area contributed by atoms with Crippen LogP contribution < -0.4 is 4.90 Å². The van der Waals surface area contributed by atoms with Crippen LogP contribution in [0, 0.1) is 5.82 Å². The van der Waals surface area contributed by atoms with Gasteiger partial charge in [-0.2, -0.15) is 0 Å². The molecule has 19 heavy (non-hydrogen) atoms. The first-order valence-electron chi connectivity index (χ1n) is 7.16. The Kier molecular flexibility index (Phi) is 6.54. The molecule has 0 radical (unpaired) electrons. The lowest BCUT2D eigenvalue weighted by molar-refractivity contribution is 0.101. The second-order valence-corrected chi connectivity index (χ2v) is 4.88. The van der Waals surface area contributed by atoms with Crippen molar-refractivity contribution in [2.24, 2.45) is 0 Å². The molecule has 0 aromatic heterocycles. The Hall–Kier alpha value is -1.38. The fourth-order valence-corrected chi connectivity index (χ4v) is 2.18. The Bertz CT molecular complexity index is 409. The number of nitrogens with zero attached hydrogens (tertiary/aromatic N) is 1. The van der Waals surface area contributed by atoms with E-state index in [2.05, 4.69) is 18.7 Å². The highest BCUT2D eigenvalue weighted by Crippen LogP contribution is 2.24. The SMILES string of the molecule is CCCCN(CCCC)c1cccc(F)c1C(C)=O. The summed E-state index contributed by atoms with van der Waals surface area (Å²) in [6, 6.07) is 4.89. The van der Waals surface area contributed by atoms with E-state index in [4.69, 9.17) is 0 Å². The number of halogens is 1. The molecule has 0 atom stereocenters. The Labute approximate surface area is 115 Å². The van der Waals surface area contributed by atoms with Crippen LogP contribution in [0.4, 0.5) is 10.1 Å². The molecule has 1 aromatic rings. The van der Waals surface area contributed by atoms with Crippen LogP contribution in [0.25, 0.3) is 0 Å². The largest absolute Gasteiger partial charge is 0.371 e. The normalized spacial score (nSPS) is 10.5. The highest BCUT2D eigenvalue weighted by Gasteiger charge is 2.17. The van der Waals surface area contributed by atoms with Gasteiger partial charge in [-0.25, -0.2) is 4.39 Å². The molecule has 0 aliphatic heterocycles. The quantitative estimate of drug-likeness (QED) is 0.648. The van der Waals surface area contributed by atoms with Gasteiger partial charge in [0.1, 0.15) is 5.82 Å². The molecule has 0 amide bonds. The third-order valence-corrected chi connectivity index (χ3v) is 3.25. The van der Waals surface area contributed by atoms with Gasteiger partial charge in [-0.1, -0.05) is 32.8 Å². The second-order valence-electron chi connectivity index (χ2n) is 4.88. The zero-order valence-corrected chi connectivity index (χ0v) is 12.2. The van der Waals surface area contributed by atoms with Crippen molar-refractivity contribution >= 4 is 11.5 Å². The first kappa shape index (κ1) is 15.7. The third kappa shape index (κ3) is 4.34. The molecule has 106 valence electrons. The van der Waals surface area contributed by atoms with Gasteiger partial charge in [0.15, 0.2) is 5.78 Å². The Morgan fingerprint density at radius 2 is 1.74 bits per heavy atom. The van der Waals surface area contributed by atoms with Crippen LogP contribution in [0.15, 0.2) is 18.2 Å². The van der Waals surface area contributed by atoms with Gasteiger partial charge in [-0.3, -0.25) is 4.79 Å². The van der Waals surface area contributed by atoms with Gasteiger partial charge in [0, 0.05) is 13.1 Å². The van der Waals surface area contributed by atoms with Gasteiger partial charge < -0.3 is 4.90 Å². The molecule has 0 saturated carbocycles. The summed E-state index contributed by atoms with van der Waals surface area (Å²) in [6.07, 6.45) is 4.29. The van der Waals surface area contributed by atoms with Crippen molar-refractivity contribution in [3.63, 3.8) is 0 Å². The molecule has 2 nitrogen and oxygen atoms in total. The minimum absolute atomic E-state index is 0.203. The number of anilines is 1. The van der Waals surface area contributed by atoms with Crippen LogP contribution in [0.2, 0.25) is 0 Å². The number of carbonyl (C=O) groups is 1. The van der Waals surface area contributed by atoms with E-state index >= 15 is 0 Å². The minimum Gasteiger partial charge on any atom is -0.371 e. The van der Waals surface area contributed by atoms with E-state index in [9.17, 15) is 9.18 Å². The zero-order chi connectivity index (χ0) is 14.3. The molecule has 0 saturated heterocycles. The number of unbranched alkanes of at least 4 members (excludes halogenated alkanes) is 2. The maximum absolute atomic E-state index is 13.9. The number of carbonyl (C=O) groups excluding carboxylic acids is 1. The van der Waals surface area contributed by atoms with Crippen molar-refractivity contribution in [3.8, 4) is 0 Å². The average Bonchev–Trinajstić information content (AvgIpc) is 2.38. The lowest BCUT2D eigenvalue weighted by Crippen LogP contribution is -2.27. The summed E-state index contributed by atoms with van der Waals surface area (Å²) >= 11 is 0. The van der Waals surface area contributed by atoms with E-state index in [1.54, 1.807) is 6.07 Å². The van der Waals surface area contributed by atoms with Crippen molar-refractivity contribution in [2.45, 2.75) is 46.5 Å². The Balaban J connectivity index is 3.06. The van der Waals surface area contributed by atoms with Gasteiger partial charge >= 0.3 is 0 Å². The average molecular weight is 265 g/mol. The highest BCUT2D eigenvalue weighted by molar-refractivity contribution is 6.00. The van der Waals surface area contributed by atoms with Gasteiger partial charge in [-0.05, 0) is 31.9 Å². The monoisotopic (exact) mass is 265 g/mol. The van der Waals surface area contributed by atoms with Crippen molar-refractivity contribution in [1.82, 2.24) is 0 Å². The Morgan fingerprint density at radius 1 is 1.16 bits per heavy atom. The summed E-state index contributed by atoms with van der Waals surface area (Å²) in [4.78, 5) is 13.8. The summed E-state index contributed by atoms with van der Waals surface area (Å²) in [5.74, 6) is -0.617. The highest BCUT2D eigenvalue weighted by atomic mass is 19.1. The van der Waals surface area contributed by atoms with Crippen molar-refractivity contribution < 1.29 is 9.18 Å². The molecule has 3 heteroatoms. The predicted octanol–water partition coefficient (Wildman–Crippen LogP) is 4.43. The molecule has 0 spiro atoms. The smallest absolute Gasteiger partial charge is 0.164 e. The molecule has 1 rings (SSSR count). The lowest BCUT2D eigenvalue weighted by atomic mass is 10.1. The summed E-state index contributed by atoms with van der Waals surface area (Å²) in [5.41, 5.74) is 0.976. The van der Waals surface area contributed by atoms with Crippen molar-refractivity contribution in [2.75, 3.05) is 18.0 Å². The Morgan fingerprint density at radius 3 is 2.21 bits per heavy atom. The molecular formula is C16H24FNO. The van der Waals surface area contributed by atoms with Gasteiger partial charge in [0.25, 0.3) is 0 Å². The van der Waals surface area contributed by atoms with Crippen LogP contribution in [0.3, 0.4) is 0 Å². The molecule has 0 bridgehead atoms. The number of rotatable bonds is 8. The van der Waals surface area contributed by atoms with E-state index in [0.717, 1.165) is 44.5 Å². The second kappa shape index (κ2) is 7.93. The first-order valence-corrected chi connectivity index (χ1v) is 7.16.